The van der Waals surface area contributed by atoms with Crippen LogP contribution in [0, 0.1) is 10.1 Å². The molecule has 0 heterocycles. The minimum Gasteiger partial charge on any atom is -0.454 e. The number of nitrogens with zero attached hydrogens (tertiary/aromatic N) is 1. The van der Waals surface area contributed by atoms with Gasteiger partial charge in [-0.05, 0) is 47.1 Å². The molecule has 2 aromatic rings. The van der Waals surface area contributed by atoms with Gasteiger partial charge < -0.3 is 4.74 Å². The van der Waals surface area contributed by atoms with Gasteiger partial charge in [-0.15, -0.1) is 0 Å². The molecule has 0 spiro atoms. The molecule has 7 heteroatoms. The van der Waals surface area contributed by atoms with Crippen molar-refractivity contribution in [1.82, 2.24) is 0 Å². The topological polar surface area (TPSA) is 69.4 Å². The molecule has 2 rings (SSSR count). The minimum absolute atomic E-state index is 0.0735. The number of non-ortho nitro benzene ring substituents is 1. The summed E-state index contributed by atoms with van der Waals surface area (Å²) < 4.78 is 6.12. The average molecular weight is 371 g/mol. The van der Waals surface area contributed by atoms with E-state index in [4.69, 9.17) is 16.3 Å². The predicted octanol–water partition coefficient (Wildman–Crippen LogP) is 5.01. The first-order valence-corrected chi connectivity index (χ1v) is 6.98. The number of rotatable bonds is 4. The van der Waals surface area contributed by atoms with Crippen molar-refractivity contribution >= 4 is 39.0 Å². The summed E-state index contributed by atoms with van der Waals surface area (Å²) in [6.07, 6.45) is 0. The van der Waals surface area contributed by atoms with E-state index >= 15 is 0 Å². The van der Waals surface area contributed by atoms with Crippen molar-refractivity contribution in [3.8, 4) is 11.5 Å². The Kier molecular flexibility index (Phi) is 4.59. The average Bonchev–Trinajstić information content (AvgIpc) is 2.42. The molecule has 0 amide bonds. The van der Waals surface area contributed by atoms with Gasteiger partial charge in [-0.2, -0.15) is 0 Å². The predicted molar refractivity (Wildman–Crippen MR) is 82.3 cm³/mol. The SMILES string of the molecule is CC(=O)c1ccc(Oc2cc([N+](=O)[O-])ccc2Cl)c(Br)c1. The monoisotopic (exact) mass is 369 g/mol. The highest BCUT2D eigenvalue weighted by molar-refractivity contribution is 9.10. The van der Waals surface area contributed by atoms with Gasteiger partial charge in [0.2, 0.25) is 0 Å². The van der Waals surface area contributed by atoms with Crippen molar-refractivity contribution in [3.63, 3.8) is 0 Å². The van der Waals surface area contributed by atoms with E-state index < -0.39 is 4.92 Å². The maximum absolute atomic E-state index is 11.3. The summed E-state index contributed by atoms with van der Waals surface area (Å²) >= 11 is 9.26. The zero-order valence-corrected chi connectivity index (χ0v) is 13.1. The number of carbonyl (C=O) groups is 1. The summed E-state index contributed by atoms with van der Waals surface area (Å²) in [6, 6.07) is 8.75. The van der Waals surface area contributed by atoms with Crippen LogP contribution in [0.2, 0.25) is 5.02 Å². The Labute approximate surface area is 133 Å². The molecule has 0 unspecified atom stereocenters. The number of benzene rings is 2. The third kappa shape index (κ3) is 3.59. The Morgan fingerprint density at radius 1 is 1.24 bits per heavy atom. The van der Waals surface area contributed by atoms with Crippen LogP contribution in [-0.4, -0.2) is 10.7 Å². The second-order valence-electron chi connectivity index (χ2n) is 4.18. The van der Waals surface area contributed by atoms with E-state index in [1.54, 1.807) is 18.2 Å². The van der Waals surface area contributed by atoms with E-state index in [-0.39, 0.29) is 22.2 Å². The summed E-state index contributed by atoms with van der Waals surface area (Å²) in [5, 5.41) is 11.0. The molecule has 0 aliphatic rings. The van der Waals surface area contributed by atoms with Crippen LogP contribution in [0.25, 0.3) is 0 Å². The molecule has 0 saturated carbocycles. The standard InChI is InChI=1S/C14H9BrClNO4/c1-8(18)9-2-5-13(11(15)6-9)21-14-7-10(17(19)20)3-4-12(14)16/h2-7H,1H3. The number of nitro groups is 1. The molecule has 0 aromatic heterocycles. The number of halogens is 2. The molecule has 2 aromatic carbocycles. The Balaban J connectivity index is 2.36. The van der Waals surface area contributed by atoms with Gasteiger partial charge in [-0.25, -0.2) is 0 Å². The fraction of sp³-hybridized carbons (Fsp3) is 0.0714. The highest BCUT2D eigenvalue weighted by Gasteiger charge is 2.13. The number of Topliss-reactive ketones (excluding diaryl/α,β-unsaturated/α-hetero) is 1. The fourth-order valence-electron chi connectivity index (χ4n) is 1.60. The summed E-state index contributed by atoms with van der Waals surface area (Å²) in [5.41, 5.74) is 0.408. The lowest BCUT2D eigenvalue weighted by atomic mass is 10.1. The number of hydrogen-bond acceptors (Lipinski definition) is 4. The molecule has 0 aliphatic carbocycles. The zero-order chi connectivity index (χ0) is 15.6. The summed E-state index contributed by atoms with van der Waals surface area (Å²) in [6.45, 7) is 1.46. The van der Waals surface area contributed by atoms with Crippen LogP contribution in [0.15, 0.2) is 40.9 Å². The fourth-order valence-corrected chi connectivity index (χ4v) is 2.22. The van der Waals surface area contributed by atoms with Crippen molar-refractivity contribution in [2.45, 2.75) is 6.92 Å². The molecule has 0 bridgehead atoms. The summed E-state index contributed by atoms with van der Waals surface area (Å²) in [4.78, 5) is 21.5. The number of hydrogen-bond donors (Lipinski definition) is 0. The van der Waals surface area contributed by atoms with E-state index in [2.05, 4.69) is 15.9 Å². The van der Waals surface area contributed by atoms with E-state index in [1.165, 1.54) is 25.1 Å². The van der Waals surface area contributed by atoms with Gasteiger partial charge in [-0.3, -0.25) is 14.9 Å². The van der Waals surface area contributed by atoms with Gasteiger partial charge >= 0.3 is 0 Å². The van der Waals surface area contributed by atoms with Crippen LogP contribution in [-0.2, 0) is 0 Å². The first-order chi connectivity index (χ1) is 9.88. The number of ether oxygens (including phenoxy) is 1. The Morgan fingerprint density at radius 3 is 2.52 bits per heavy atom. The Hall–Kier alpha value is -1.92. The maximum Gasteiger partial charge on any atom is 0.273 e. The molecule has 5 nitrogen and oxygen atoms in total. The molecule has 0 atom stereocenters. The summed E-state index contributed by atoms with van der Waals surface area (Å²) in [5.74, 6) is 0.500. The molecule has 21 heavy (non-hydrogen) atoms. The highest BCUT2D eigenvalue weighted by Crippen LogP contribution is 2.36. The lowest BCUT2D eigenvalue weighted by Crippen LogP contribution is -1.94. The van der Waals surface area contributed by atoms with E-state index in [9.17, 15) is 14.9 Å². The molecular weight excluding hydrogens is 362 g/mol. The Bertz CT molecular complexity index is 733. The minimum atomic E-state index is -0.531. The molecular formula is C14H9BrClNO4. The van der Waals surface area contributed by atoms with Crippen molar-refractivity contribution in [3.05, 3.63) is 61.6 Å². The van der Waals surface area contributed by atoms with Gasteiger partial charge in [0.05, 0.1) is 20.5 Å². The smallest absolute Gasteiger partial charge is 0.273 e. The third-order valence-electron chi connectivity index (χ3n) is 2.68. The van der Waals surface area contributed by atoms with Crippen LogP contribution in [0.4, 0.5) is 5.69 Å². The third-order valence-corrected chi connectivity index (χ3v) is 3.62. The van der Waals surface area contributed by atoms with E-state index in [0.717, 1.165) is 0 Å². The second kappa shape index (κ2) is 6.24. The molecule has 0 radical (unpaired) electrons. The van der Waals surface area contributed by atoms with Crippen LogP contribution < -0.4 is 4.74 Å². The van der Waals surface area contributed by atoms with E-state index in [0.29, 0.717) is 15.8 Å². The van der Waals surface area contributed by atoms with Gasteiger partial charge in [-0.1, -0.05) is 11.6 Å². The normalized spacial score (nSPS) is 10.2. The first kappa shape index (κ1) is 15.5. The van der Waals surface area contributed by atoms with Crippen LogP contribution in [0.1, 0.15) is 17.3 Å². The van der Waals surface area contributed by atoms with Gasteiger partial charge in [0.1, 0.15) is 5.75 Å². The molecule has 0 N–H and O–H groups in total. The van der Waals surface area contributed by atoms with Crippen molar-refractivity contribution in [1.29, 1.82) is 0 Å². The number of carbonyl (C=O) groups excluding carboxylic acids is 1. The Morgan fingerprint density at radius 2 is 1.95 bits per heavy atom. The number of ketones is 1. The van der Waals surface area contributed by atoms with Crippen LogP contribution >= 0.6 is 27.5 Å². The van der Waals surface area contributed by atoms with Crippen molar-refractivity contribution in [2.24, 2.45) is 0 Å². The highest BCUT2D eigenvalue weighted by atomic mass is 79.9. The molecule has 108 valence electrons. The van der Waals surface area contributed by atoms with Crippen LogP contribution in [0.3, 0.4) is 0 Å². The summed E-state index contributed by atoms with van der Waals surface area (Å²) in [7, 11) is 0. The lowest BCUT2D eigenvalue weighted by Gasteiger charge is -2.10. The number of nitro benzene ring substituents is 1. The van der Waals surface area contributed by atoms with Gasteiger partial charge in [0, 0.05) is 11.6 Å². The quantitative estimate of drug-likeness (QED) is 0.431. The van der Waals surface area contributed by atoms with Gasteiger partial charge in [0.25, 0.3) is 5.69 Å². The molecule has 0 saturated heterocycles. The zero-order valence-electron chi connectivity index (χ0n) is 10.8. The molecule has 0 aliphatic heterocycles. The second-order valence-corrected chi connectivity index (χ2v) is 5.44. The first-order valence-electron chi connectivity index (χ1n) is 5.81. The van der Waals surface area contributed by atoms with Crippen LogP contribution in [0.5, 0.6) is 11.5 Å². The van der Waals surface area contributed by atoms with Gasteiger partial charge in [0.15, 0.2) is 11.5 Å². The molecule has 0 fully saturated rings. The van der Waals surface area contributed by atoms with Crippen molar-refractivity contribution < 1.29 is 14.5 Å². The van der Waals surface area contributed by atoms with Crippen molar-refractivity contribution in [2.75, 3.05) is 0 Å². The largest absolute Gasteiger partial charge is 0.454 e. The maximum atomic E-state index is 11.3. The van der Waals surface area contributed by atoms with E-state index in [1.807, 2.05) is 0 Å². The lowest BCUT2D eigenvalue weighted by molar-refractivity contribution is -0.384.